The van der Waals surface area contributed by atoms with E-state index in [1.54, 1.807) is 21.5 Å². The van der Waals surface area contributed by atoms with Crippen molar-refractivity contribution in [2.45, 2.75) is 53.3 Å². The van der Waals surface area contributed by atoms with Gasteiger partial charge in [0.2, 0.25) is 0 Å². The van der Waals surface area contributed by atoms with Gasteiger partial charge in [0, 0.05) is 18.4 Å². The van der Waals surface area contributed by atoms with Gasteiger partial charge in [0.25, 0.3) is 0 Å². The van der Waals surface area contributed by atoms with Crippen LogP contribution in [0, 0.1) is 20.8 Å². The van der Waals surface area contributed by atoms with Crippen molar-refractivity contribution < 1.29 is 5.11 Å². The topological polar surface area (TPSA) is 47.2 Å². The van der Waals surface area contributed by atoms with E-state index >= 15 is 0 Å². The molecular weight excluding hydrogens is 264 g/mol. The van der Waals surface area contributed by atoms with Crippen LogP contribution in [0.25, 0.3) is 0 Å². The summed E-state index contributed by atoms with van der Waals surface area (Å²) >= 11 is 0. The lowest BCUT2D eigenvalue weighted by atomic mass is 9.95. The molecule has 1 heterocycles. The van der Waals surface area contributed by atoms with E-state index in [1.165, 1.54) is 5.56 Å². The summed E-state index contributed by atoms with van der Waals surface area (Å²) in [6, 6.07) is 4.25. The zero-order valence-corrected chi connectivity index (χ0v) is 13.4. The lowest BCUT2D eigenvalue weighted by molar-refractivity contribution is 0.153. The van der Waals surface area contributed by atoms with Crippen LogP contribution < -0.4 is 5.69 Å². The molecule has 1 aromatic carbocycles. The number of benzene rings is 1. The number of aliphatic hydroxyl groups excluding tert-OH is 1. The highest BCUT2D eigenvalue weighted by Crippen LogP contribution is 2.24. The largest absolute Gasteiger partial charge is 0.387 e. The van der Waals surface area contributed by atoms with Crippen LogP contribution in [0.15, 0.2) is 29.3 Å². The molecule has 2 rings (SSSR count). The van der Waals surface area contributed by atoms with E-state index in [0.717, 1.165) is 16.7 Å². The number of aliphatic hydroxyl groups is 1. The number of aryl methyl sites for hydroxylation is 3. The Morgan fingerprint density at radius 1 is 1.10 bits per heavy atom. The Morgan fingerprint density at radius 3 is 2.14 bits per heavy atom. The van der Waals surface area contributed by atoms with Gasteiger partial charge in [0.05, 0.1) is 12.6 Å². The summed E-state index contributed by atoms with van der Waals surface area (Å²) in [6.45, 7) is 10.3. The van der Waals surface area contributed by atoms with Crippen molar-refractivity contribution >= 4 is 0 Å². The first-order valence-corrected chi connectivity index (χ1v) is 7.34. The summed E-state index contributed by atoms with van der Waals surface area (Å²) in [5.41, 5.74) is 4.16. The molecule has 1 atom stereocenters. The molecule has 0 amide bonds. The summed E-state index contributed by atoms with van der Waals surface area (Å²) in [7, 11) is 0. The highest BCUT2D eigenvalue weighted by atomic mass is 16.3. The summed E-state index contributed by atoms with van der Waals surface area (Å²) in [6.07, 6.45) is 2.84. The molecule has 0 bridgehead atoms. The molecule has 0 saturated heterocycles. The van der Waals surface area contributed by atoms with Gasteiger partial charge in [0.1, 0.15) is 0 Å². The first kappa shape index (κ1) is 15.6. The summed E-state index contributed by atoms with van der Waals surface area (Å²) in [4.78, 5) is 12.2. The fourth-order valence-electron chi connectivity index (χ4n) is 2.95. The molecule has 4 heteroatoms. The fourth-order valence-corrected chi connectivity index (χ4v) is 2.95. The normalized spacial score (nSPS) is 12.9. The second-order valence-electron chi connectivity index (χ2n) is 6.06. The van der Waals surface area contributed by atoms with E-state index in [1.807, 2.05) is 34.6 Å². The third kappa shape index (κ3) is 3.10. The van der Waals surface area contributed by atoms with Crippen LogP contribution >= 0.6 is 0 Å². The molecule has 0 aliphatic carbocycles. The van der Waals surface area contributed by atoms with Crippen LogP contribution in [0.5, 0.6) is 0 Å². The van der Waals surface area contributed by atoms with Crippen LogP contribution in [0.1, 0.15) is 48.2 Å². The number of nitrogens with zero attached hydrogens (tertiary/aromatic N) is 2. The Bertz CT molecular complexity index is 672. The van der Waals surface area contributed by atoms with Crippen molar-refractivity contribution in [2.75, 3.05) is 0 Å². The number of hydrogen-bond acceptors (Lipinski definition) is 2. The van der Waals surface area contributed by atoms with Crippen molar-refractivity contribution in [3.63, 3.8) is 0 Å². The van der Waals surface area contributed by atoms with Crippen molar-refractivity contribution in [2.24, 2.45) is 0 Å². The van der Waals surface area contributed by atoms with Crippen molar-refractivity contribution in [1.82, 2.24) is 9.13 Å². The molecule has 0 aliphatic heterocycles. The van der Waals surface area contributed by atoms with E-state index in [2.05, 4.69) is 12.1 Å². The van der Waals surface area contributed by atoms with Gasteiger partial charge in [0.15, 0.2) is 0 Å². The standard InChI is InChI=1S/C17H24N2O2/c1-11(2)19-7-6-18(17(19)21)10-15(20)16-13(4)8-12(3)9-14(16)5/h6-9,11,15,20H,10H2,1-5H3. The van der Waals surface area contributed by atoms with Crippen LogP contribution in [-0.4, -0.2) is 14.2 Å². The van der Waals surface area contributed by atoms with Gasteiger partial charge in [-0.1, -0.05) is 17.7 Å². The predicted octanol–water partition coefficient (Wildman–Crippen LogP) is 2.89. The zero-order valence-electron chi connectivity index (χ0n) is 13.4. The maximum absolute atomic E-state index is 12.2. The van der Waals surface area contributed by atoms with E-state index in [-0.39, 0.29) is 18.3 Å². The van der Waals surface area contributed by atoms with Gasteiger partial charge < -0.3 is 5.11 Å². The second-order valence-corrected chi connectivity index (χ2v) is 6.06. The Balaban J connectivity index is 2.31. The molecule has 1 aromatic heterocycles. The Hall–Kier alpha value is -1.81. The van der Waals surface area contributed by atoms with Gasteiger partial charge in [-0.15, -0.1) is 0 Å². The van der Waals surface area contributed by atoms with Gasteiger partial charge in [-0.05, 0) is 51.3 Å². The molecular formula is C17H24N2O2. The third-order valence-electron chi connectivity index (χ3n) is 3.87. The minimum atomic E-state index is -0.675. The molecule has 114 valence electrons. The molecule has 0 aliphatic rings. The van der Waals surface area contributed by atoms with Gasteiger partial charge in [-0.2, -0.15) is 0 Å². The molecule has 1 N–H and O–H groups in total. The minimum absolute atomic E-state index is 0.0773. The van der Waals surface area contributed by atoms with Crippen molar-refractivity contribution in [3.05, 3.63) is 57.3 Å². The summed E-state index contributed by atoms with van der Waals surface area (Å²) in [5.74, 6) is 0. The minimum Gasteiger partial charge on any atom is -0.387 e. The molecule has 1 unspecified atom stereocenters. The van der Waals surface area contributed by atoms with Crippen molar-refractivity contribution in [3.8, 4) is 0 Å². The van der Waals surface area contributed by atoms with E-state index < -0.39 is 6.10 Å². The highest BCUT2D eigenvalue weighted by molar-refractivity contribution is 5.38. The molecule has 21 heavy (non-hydrogen) atoms. The lowest BCUT2D eigenvalue weighted by Gasteiger charge is -2.17. The summed E-state index contributed by atoms with van der Waals surface area (Å²) < 4.78 is 3.24. The first-order valence-electron chi connectivity index (χ1n) is 7.34. The molecule has 4 nitrogen and oxygen atoms in total. The smallest absolute Gasteiger partial charge is 0.328 e. The van der Waals surface area contributed by atoms with Gasteiger partial charge >= 0.3 is 5.69 Å². The first-order chi connectivity index (χ1) is 9.81. The predicted molar refractivity (Wildman–Crippen MR) is 84.7 cm³/mol. The van der Waals surface area contributed by atoms with Crippen LogP contribution in [-0.2, 0) is 6.54 Å². The average molecular weight is 288 g/mol. The highest BCUT2D eigenvalue weighted by Gasteiger charge is 2.16. The van der Waals surface area contributed by atoms with E-state index in [9.17, 15) is 9.90 Å². The quantitative estimate of drug-likeness (QED) is 0.940. The number of imidazole rings is 1. The molecule has 0 saturated carbocycles. The molecule has 0 radical (unpaired) electrons. The molecule has 0 fully saturated rings. The molecule has 2 aromatic rings. The lowest BCUT2D eigenvalue weighted by Crippen LogP contribution is -2.27. The average Bonchev–Trinajstić information content (AvgIpc) is 2.69. The van der Waals surface area contributed by atoms with Crippen LogP contribution in [0.2, 0.25) is 0 Å². The number of aromatic nitrogens is 2. The number of rotatable bonds is 4. The van der Waals surface area contributed by atoms with E-state index in [0.29, 0.717) is 0 Å². The van der Waals surface area contributed by atoms with Crippen LogP contribution in [0.4, 0.5) is 0 Å². The van der Waals surface area contributed by atoms with Crippen molar-refractivity contribution in [1.29, 1.82) is 0 Å². The summed E-state index contributed by atoms with van der Waals surface area (Å²) in [5, 5.41) is 10.5. The maximum atomic E-state index is 12.2. The maximum Gasteiger partial charge on any atom is 0.328 e. The Morgan fingerprint density at radius 2 is 1.67 bits per heavy atom. The third-order valence-corrected chi connectivity index (χ3v) is 3.87. The monoisotopic (exact) mass is 288 g/mol. The Labute approximate surface area is 125 Å². The van der Waals surface area contributed by atoms with Gasteiger partial charge in [-0.3, -0.25) is 9.13 Å². The van der Waals surface area contributed by atoms with E-state index in [4.69, 9.17) is 0 Å². The Kier molecular flexibility index (Phi) is 4.37. The SMILES string of the molecule is Cc1cc(C)c(C(O)Cn2ccn(C(C)C)c2=O)c(C)c1. The second kappa shape index (κ2) is 5.90. The number of hydrogen-bond donors (Lipinski definition) is 1. The van der Waals surface area contributed by atoms with Gasteiger partial charge in [-0.25, -0.2) is 4.79 Å². The molecule has 0 spiro atoms. The zero-order chi connectivity index (χ0) is 15.7. The van der Waals surface area contributed by atoms with Crippen LogP contribution in [0.3, 0.4) is 0 Å². The fraction of sp³-hybridized carbons (Fsp3) is 0.471.